The summed E-state index contributed by atoms with van der Waals surface area (Å²) in [4.78, 5) is 5.01. The predicted octanol–water partition coefficient (Wildman–Crippen LogP) is 3.74. The molecule has 2 N–H and O–H groups in total. The average Bonchev–Trinajstić information content (AvgIpc) is 2.48. The second-order valence-electron chi connectivity index (χ2n) is 7.12. The van der Waals surface area contributed by atoms with Crippen LogP contribution in [0.3, 0.4) is 0 Å². The molecule has 2 fully saturated rings. The first-order valence-electron chi connectivity index (χ1n) is 8.52. The van der Waals surface area contributed by atoms with Crippen LogP contribution in [-0.4, -0.2) is 26.2 Å². The van der Waals surface area contributed by atoms with E-state index in [1.165, 1.54) is 63.2 Å². The van der Waals surface area contributed by atoms with E-state index in [1.54, 1.807) is 0 Å². The highest BCUT2D eigenvalue weighted by molar-refractivity contribution is 5.67. The molecule has 0 saturated carbocycles. The van der Waals surface area contributed by atoms with Crippen LogP contribution >= 0.6 is 0 Å². The quantitative estimate of drug-likeness (QED) is 0.841. The van der Waals surface area contributed by atoms with Gasteiger partial charge in [0.25, 0.3) is 0 Å². The summed E-state index contributed by atoms with van der Waals surface area (Å²) in [7, 11) is 0. The van der Waals surface area contributed by atoms with E-state index in [0.717, 1.165) is 17.5 Å². The van der Waals surface area contributed by atoms with Gasteiger partial charge < -0.3 is 15.5 Å². The highest BCUT2D eigenvalue weighted by atomic mass is 15.2. The minimum atomic E-state index is 0.866. The molecule has 1 aromatic carbocycles. The number of nitrogens with zero attached hydrogens (tertiary/aromatic N) is 2. The molecule has 21 heavy (non-hydrogen) atoms. The lowest BCUT2D eigenvalue weighted by molar-refractivity contribution is 0.436. The molecule has 0 amide bonds. The third kappa shape index (κ3) is 3.45. The van der Waals surface area contributed by atoms with Gasteiger partial charge in [0.2, 0.25) is 0 Å². The Kier molecular flexibility index (Phi) is 4.27. The first-order chi connectivity index (χ1) is 10.1. The van der Waals surface area contributed by atoms with E-state index in [-0.39, 0.29) is 0 Å². The predicted molar refractivity (Wildman–Crippen MR) is 92.1 cm³/mol. The van der Waals surface area contributed by atoms with Crippen LogP contribution in [0, 0.1) is 11.8 Å². The summed E-state index contributed by atoms with van der Waals surface area (Å²) < 4.78 is 0. The van der Waals surface area contributed by atoms with E-state index in [1.807, 2.05) is 0 Å². The van der Waals surface area contributed by atoms with Gasteiger partial charge in [-0.2, -0.15) is 0 Å². The fourth-order valence-corrected chi connectivity index (χ4v) is 3.52. The number of hydrogen-bond acceptors (Lipinski definition) is 3. The fourth-order valence-electron chi connectivity index (χ4n) is 3.52. The molecule has 0 radical (unpaired) electrons. The van der Waals surface area contributed by atoms with Gasteiger partial charge in [0.1, 0.15) is 0 Å². The van der Waals surface area contributed by atoms with Crippen molar-refractivity contribution in [1.29, 1.82) is 0 Å². The molecule has 2 heterocycles. The van der Waals surface area contributed by atoms with Crippen LogP contribution in [0.4, 0.5) is 17.1 Å². The molecule has 2 saturated heterocycles. The lowest BCUT2D eigenvalue weighted by atomic mass is 9.97. The number of anilines is 3. The van der Waals surface area contributed by atoms with E-state index < -0.39 is 0 Å². The lowest BCUT2D eigenvalue weighted by Gasteiger charge is -2.35. The third-order valence-corrected chi connectivity index (χ3v) is 5.22. The largest absolute Gasteiger partial charge is 0.399 e. The van der Waals surface area contributed by atoms with Crippen molar-refractivity contribution in [3.05, 3.63) is 18.2 Å². The molecule has 3 heteroatoms. The van der Waals surface area contributed by atoms with Crippen LogP contribution in [0.1, 0.15) is 39.5 Å². The van der Waals surface area contributed by atoms with Gasteiger partial charge in [0.15, 0.2) is 0 Å². The Bertz CT molecular complexity index is 429. The molecule has 3 rings (SSSR count). The molecule has 0 bridgehead atoms. The fraction of sp³-hybridized carbons (Fsp3) is 0.667. The Morgan fingerprint density at radius 1 is 0.762 bits per heavy atom. The molecular formula is C18H29N3. The van der Waals surface area contributed by atoms with Crippen molar-refractivity contribution in [2.24, 2.45) is 11.8 Å². The van der Waals surface area contributed by atoms with Gasteiger partial charge in [-0.05, 0) is 55.7 Å². The zero-order valence-corrected chi connectivity index (χ0v) is 13.5. The summed E-state index contributed by atoms with van der Waals surface area (Å²) in [5, 5.41) is 0. The van der Waals surface area contributed by atoms with Gasteiger partial charge in [-0.3, -0.25) is 0 Å². The minimum Gasteiger partial charge on any atom is -0.399 e. The van der Waals surface area contributed by atoms with E-state index in [9.17, 15) is 0 Å². The molecule has 1 aromatic rings. The first kappa shape index (κ1) is 14.6. The second kappa shape index (κ2) is 6.17. The van der Waals surface area contributed by atoms with Crippen molar-refractivity contribution in [3.63, 3.8) is 0 Å². The molecule has 0 aromatic heterocycles. The smallest absolute Gasteiger partial charge is 0.0407 e. The Labute approximate surface area is 129 Å². The Morgan fingerprint density at radius 3 is 1.52 bits per heavy atom. The summed E-state index contributed by atoms with van der Waals surface area (Å²) in [6.07, 6.45) is 5.19. The van der Waals surface area contributed by atoms with Crippen LogP contribution in [0.25, 0.3) is 0 Å². The monoisotopic (exact) mass is 287 g/mol. The Morgan fingerprint density at radius 2 is 1.14 bits per heavy atom. The van der Waals surface area contributed by atoms with E-state index in [4.69, 9.17) is 5.73 Å². The zero-order valence-electron chi connectivity index (χ0n) is 13.5. The molecule has 2 aliphatic heterocycles. The number of piperidine rings is 2. The van der Waals surface area contributed by atoms with Crippen LogP contribution in [0.15, 0.2) is 18.2 Å². The maximum absolute atomic E-state index is 6.17. The summed E-state index contributed by atoms with van der Waals surface area (Å²) in [5.74, 6) is 1.73. The van der Waals surface area contributed by atoms with E-state index in [2.05, 4.69) is 41.8 Å². The van der Waals surface area contributed by atoms with Crippen LogP contribution < -0.4 is 15.5 Å². The maximum atomic E-state index is 6.17. The summed E-state index contributed by atoms with van der Waals surface area (Å²) in [5.41, 5.74) is 9.71. The van der Waals surface area contributed by atoms with Crippen molar-refractivity contribution < 1.29 is 0 Å². The Hall–Kier alpha value is -1.38. The minimum absolute atomic E-state index is 0.866. The SMILES string of the molecule is CC1CCN(c2cc(N)cc(N3CCC(C)CC3)c2)CC1. The number of rotatable bonds is 2. The first-order valence-corrected chi connectivity index (χ1v) is 8.52. The summed E-state index contributed by atoms with van der Waals surface area (Å²) >= 11 is 0. The van der Waals surface area contributed by atoms with Crippen molar-refractivity contribution in [3.8, 4) is 0 Å². The normalized spacial score (nSPS) is 21.8. The molecule has 116 valence electrons. The standard InChI is InChI=1S/C18H29N3/c1-14-3-7-20(8-4-14)17-11-16(19)12-18(13-17)21-9-5-15(2)6-10-21/h11-15H,3-10,19H2,1-2H3. The van der Waals surface area contributed by atoms with Gasteiger partial charge in [-0.1, -0.05) is 13.8 Å². The highest BCUT2D eigenvalue weighted by Crippen LogP contribution is 2.31. The van der Waals surface area contributed by atoms with Crippen molar-refractivity contribution in [2.75, 3.05) is 41.7 Å². The lowest BCUT2D eigenvalue weighted by Crippen LogP contribution is -2.34. The van der Waals surface area contributed by atoms with Crippen LogP contribution in [0.5, 0.6) is 0 Å². The van der Waals surface area contributed by atoms with Gasteiger partial charge in [-0.25, -0.2) is 0 Å². The van der Waals surface area contributed by atoms with Gasteiger partial charge >= 0.3 is 0 Å². The highest BCUT2D eigenvalue weighted by Gasteiger charge is 2.20. The molecule has 0 atom stereocenters. The molecular weight excluding hydrogens is 258 g/mol. The van der Waals surface area contributed by atoms with E-state index in [0.29, 0.717) is 0 Å². The number of hydrogen-bond donors (Lipinski definition) is 1. The number of benzene rings is 1. The zero-order chi connectivity index (χ0) is 14.8. The van der Waals surface area contributed by atoms with Gasteiger partial charge in [-0.15, -0.1) is 0 Å². The van der Waals surface area contributed by atoms with Crippen molar-refractivity contribution in [1.82, 2.24) is 0 Å². The Balaban J connectivity index is 1.76. The van der Waals surface area contributed by atoms with Gasteiger partial charge in [0, 0.05) is 43.2 Å². The topological polar surface area (TPSA) is 32.5 Å². The van der Waals surface area contributed by atoms with Gasteiger partial charge in [0.05, 0.1) is 0 Å². The molecule has 0 spiro atoms. The van der Waals surface area contributed by atoms with Crippen LogP contribution in [-0.2, 0) is 0 Å². The molecule has 3 nitrogen and oxygen atoms in total. The maximum Gasteiger partial charge on any atom is 0.0407 e. The van der Waals surface area contributed by atoms with E-state index >= 15 is 0 Å². The van der Waals surface area contributed by atoms with Crippen molar-refractivity contribution >= 4 is 17.1 Å². The second-order valence-corrected chi connectivity index (χ2v) is 7.12. The van der Waals surface area contributed by atoms with Crippen LogP contribution in [0.2, 0.25) is 0 Å². The molecule has 0 unspecified atom stereocenters. The number of nitrogen functional groups attached to an aromatic ring is 1. The number of nitrogens with two attached hydrogens (primary N) is 1. The van der Waals surface area contributed by atoms with Crippen molar-refractivity contribution in [2.45, 2.75) is 39.5 Å². The average molecular weight is 287 g/mol. The summed E-state index contributed by atoms with van der Waals surface area (Å²) in [6.45, 7) is 9.39. The third-order valence-electron chi connectivity index (χ3n) is 5.22. The summed E-state index contributed by atoms with van der Waals surface area (Å²) in [6, 6.07) is 6.64. The molecule has 2 aliphatic rings. The molecule has 0 aliphatic carbocycles.